The van der Waals surface area contributed by atoms with E-state index in [1.807, 2.05) is 17.5 Å². The molecule has 126 valence electrons. The van der Waals surface area contributed by atoms with Crippen LogP contribution in [0.1, 0.15) is 16.9 Å². The smallest absolute Gasteiger partial charge is 0.323 e. The van der Waals surface area contributed by atoms with E-state index in [4.69, 9.17) is 0 Å². The van der Waals surface area contributed by atoms with Gasteiger partial charge >= 0.3 is 6.03 Å². The Morgan fingerprint density at radius 2 is 1.83 bits per heavy atom. The summed E-state index contributed by atoms with van der Waals surface area (Å²) in [7, 11) is 0. The maximum Gasteiger partial charge on any atom is 0.326 e. The van der Waals surface area contributed by atoms with Crippen LogP contribution < -0.4 is 0 Å². The number of benzene rings is 1. The maximum atomic E-state index is 12.9. The number of carbonyl (C=O) groups is 2. The minimum absolute atomic E-state index is 0.102. The van der Waals surface area contributed by atoms with Crippen LogP contribution in [0.15, 0.2) is 41.8 Å². The zero-order valence-corrected chi connectivity index (χ0v) is 14.1. The molecule has 4 nitrogen and oxygen atoms in total. The standard InChI is InChI=1S/C18H19FN2O2S/c19-15-5-3-14(4-6-15)7-10-20-11-9-17(22)21(18(20)23)12-8-16-2-1-13-24-16/h1-6,13H,7-12H2. The van der Waals surface area contributed by atoms with Crippen LogP contribution in [0.3, 0.4) is 0 Å². The molecule has 1 saturated heterocycles. The number of carbonyl (C=O) groups excluding carboxylic acids is 2. The Balaban J connectivity index is 1.57. The van der Waals surface area contributed by atoms with Gasteiger partial charge in [0.2, 0.25) is 5.91 Å². The van der Waals surface area contributed by atoms with E-state index in [-0.39, 0.29) is 17.8 Å². The van der Waals surface area contributed by atoms with E-state index < -0.39 is 0 Å². The number of hydrogen-bond donors (Lipinski definition) is 0. The van der Waals surface area contributed by atoms with Gasteiger partial charge in [0.15, 0.2) is 0 Å². The normalized spacial score (nSPS) is 15.2. The molecule has 0 aliphatic carbocycles. The predicted octanol–water partition coefficient (Wildman–Crippen LogP) is 3.33. The molecule has 24 heavy (non-hydrogen) atoms. The molecule has 0 saturated carbocycles. The lowest BCUT2D eigenvalue weighted by atomic mass is 10.1. The Morgan fingerprint density at radius 3 is 2.54 bits per heavy atom. The molecule has 2 heterocycles. The van der Waals surface area contributed by atoms with Crippen molar-refractivity contribution in [2.75, 3.05) is 19.6 Å². The molecule has 0 unspecified atom stereocenters. The first-order valence-electron chi connectivity index (χ1n) is 7.99. The van der Waals surface area contributed by atoms with E-state index in [2.05, 4.69) is 0 Å². The van der Waals surface area contributed by atoms with E-state index >= 15 is 0 Å². The zero-order chi connectivity index (χ0) is 16.9. The van der Waals surface area contributed by atoms with Crippen LogP contribution in [-0.4, -0.2) is 41.4 Å². The molecule has 1 fully saturated rings. The molecule has 0 bridgehead atoms. The van der Waals surface area contributed by atoms with Crippen molar-refractivity contribution in [1.82, 2.24) is 9.80 Å². The molecule has 3 amide bonds. The van der Waals surface area contributed by atoms with Gasteiger partial charge in [0.05, 0.1) is 0 Å². The van der Waals surface area contributed by atoms with E-state index in [1.165, 1.54) is 21.9 Å². The quantitative estimate of drug-likeness (QED) is 0.805. The second-order valence-electron chi connectivity index (χ2n) is 5.77. The van der Waals surface area contributed by atoms with Gasteiger partial charge in [-0.25, -0.2) is 9.18 Å². The van der Waals surface area contributed by atoms with Crippen LogP contribution in [0.25, 0.3) is 0 Å². The molecule has 0 N–H and O–H groups in total. The summed E-state index contributed by atoms with van der Waals surface area (Å²) in [6, 6.07) is 10.1. The van der Waals surface area contributed by atoms with Gasteiger partial charge in [-0.1, -0.05) is 18.2 Å². The van der Waals surface area contributed by atoms with Crippen molar-refractivity contribution in [1.29, 1.82) is 0 Å². The SMILES string of the molecule is O=C1CCN(CCc2ccc(F)cc2)C(=O)N1CCc1cccs1. The fourth-order valence-corrected chi connectivity index (χ4v) is 3.46. The Kier molecular flexibility index (Phi) is 5.25. The highest BCUT2D eigenvalue weighted by molar-refractivity contribution is 7.09. The summed E-state index contributed by atoms with van der Waals surface area (Å²) in [5.41, 5.74) is 0.978. The summed E-state index contributed by atoms with van der Waals surface area (Å²) in [6.07, 6.45) is 1.71. The number of thiophene rings is 1. The number of urea groups is 1. The predicted molar refractivity (Wildman–Crippen MR) is 91.4 cm³/mol. The summed E-state index contributed by atoms with van der Waals surface area (Å²) in [4.78, 5) is 28.8. The Morgan fingerprint density at radius 1 is 1.04 bits per heavy atom. The van der Waals surface area contributed by atoms with Crippen molar-refractivity contribution in [2.24, 2.45) is 0 Å². The van der Waals surface area contributed by atoms with Crippen molar-refractivity contribution in [3.8, 4) is 0 Å². The van der Waals surface area contributed by atoms with Crippen molar-refractivity contribution in [3.63, 3.8) is 0 Å². The van der Waals surface area contributed by atoms with Crippen LogP contribution >= 0.6 is 11.3 Å². The zero-order valence-electron chi connectivity index (χ0n) is 13.3. The molecule has 6 heteroatoms. The molecule has 2 aromatic rings. The minimum Gasteiger partial charge on any atom is -0.323 e. The molecule has 1 aromatic heterocycles. The molecule has 1 aromatic carbocycles. The maximum absolute atomic E-state index is 12.9. The third kappa shape index (κ3) is 4.00. The highest BCUT2D eigenvalue weighted by atomic mass is 32.1. The highest BCUT2D eigenvalue weighted by Crippen LogP contribution is 2.15. The number of imide groups is 1. The van der Waals surface area contributed by atoms with Crippen molar-refractivity contribution in [3.05, 3.63) is 58.0 Å². The van der Waals surface area contributed by atoms with Crippen LogP contribution in [0.4, 0.5) is 9.18 Å². The number of halogens is 1. The second kappa shape index (κ2) is 7.57. The van der Waals surface area contributed by atoms with Gasteiger partial charge in [-0.3, -0.25) is 9.69 Å². The summed E-state index contributed by atoms with van der Waals surface area (Å²) >= 11 is 1.63. The minimum atomic E-state index is -0.266. The molecule has 3 rings (SSSR count). The fourth-order valence-electron chi connectivity index (χ4n) is 2.76. The Labute approximate surface area is 144 Å². The first-order chi connectivity index (χ1) is 11.6. The first kappa shape index (κ1) is 16.6. The van der Waals surface area contributed by atoms with Gasteiger partial charge in [-0.15, -0.1) is 11.3 Å². The van der Waals surface area contributed by atoms with E-state index in [0.29, 0.717) is 38.9 Å². The van der Waals surface area contributed by atoms with Crippen LogP contribution in [0.5, 0.6) is 0 Å². The van der Waals surface area contributed by atoms with E-state index in [0.717, 1.165) is 5.56 Å². The average molecular weight is 346 g/mol. The van der Waals surface area contributed by atoms with Gasteiger partial charge in [0.25, 0.3) is 0 Å². The summed E-state index contributed by atoms with van der Waals surface area (Å²) < 4.78 is 12.9. The second-order valence-corrected chi connectivity index (χ2v) is 6.80. The molecule has 1 aliphatic heterocycles. The Bertz CT molecular complexity index is 700. The summed E-state index contributed by atoms with van der Waals surface area (Å²) in [5.74, 6) is -0.368. The summed E-state index contributed by atoms with van der Waals surface area (Å²) in [6.45, 7) is 1.41. The summed E-state index contributed by atoms with van der Waals surface area (Å²) in [5, 5.41) is 1.99. The lowest BCUT2D eigenvalue weighted by Gasteiger charge is -2.34. The van der Waals surface area contributed by atoms with Gasteiger partial charge < -0.3 is 4.90 Å². The number of amides is 3. The number of hydrogen-bond acceptors (Lipinski definition) is 3. The van der Waals surface area contributed by atoms with E-state index in [9.17, 15) is 14.0 Å². The van der Waals surface area contributed by atoms with E-state index in [1.54, 1.807) is 28.4 Å². The molecule has 0 radical (unpaired) electrons. The lowest BCUT2D eigenvalue weighted by Crippen LogP contribution is -2.53. The molecule has 0 spiro atoms. The number of rotatable bonds is 6. The van der Waals surface area contributed by atoms with Crippen molar-refractivity contribution < 1.29 is 14.0 Å². The third-order valence-corrected chi connectivity index (χ3v) is 5.08. The largest absolute Gasteiger partial charge is 0.326 e. The van der Waals surface area contributed by atoms with Gasteiger partial charge in [-0.05, 0) is 42.0 Å². The van der Waals surface area contributed by atoms with Gasteiger partial charge in [0, 0.05) is 30.9 Å². The molecular formula is C18H19FN2O2S. The van der Waals surface area contributed by atoms with Crippen LogP contribution in [0, 0.1) is 5.82 Å². The number of nitrogens with zero attached hydrogens (tertiary/aromatic N) is 2. The van der Waals surface area contributed by atoms with Crippen molar-refractivity contribution in [2.45, 2.75) is 19.3 Å². The molecule has 1 aliphatic rings. The lowest BCUT2D eigenvalue weighted by molar-refractivity contribution is -0.130. The average Bonchev–Trinajstić information content (AvgIpc) is 3.09. The van der Waals surface area contributed by atoms with Gasteiger partial charge in [0.1, 0.15) is 5.82 Å². The molecular weight excluding hydrogens is 327 g/mol. The topological polar surface area (TPSA) is 40.6 Å². The van der Waals surface area contributed by atoms with Crippen LogP contribution in [0.2, 0.25) is 0 Å². The third-order valence-electron chi connectivity index (χ3n) is 4.14. The highest BCUT2D eigenvalue weighted by Gasteiger charge is 2.31. The van der Waals surface area contributed by atoms with Crippen molar-refractivity contribution >= 4 is 23.3 Å². The molecule has 0 atom stereocenters. The fraction of sp³-hybridized carbons (Fsp3) is 0.333. The first-order valence-corrected chi connectivity index (χ1v) is 8.87. The monoisotopic (exact) mass is 346 g/mol. The van der Waals surface area contributed by atoms with Crippen LogP contribution in [-0.2, 0) is 17.6 Å². The Hall–Kier alpha value is -2.21. The van der Waals surface area contributed by atoms with Gasteiger partial charge in [-0.2, -0.15) is 0 Å².